The standard InChI is InChI=1S/C22H27NO2S/c1-15(2)21-14-22(18(5)19-10-6-16(3)7-11-19)23(21)26(24,25)20-12-8-17(4)9-13-20/h6-13,15,21-22H,5,14H2,1-4H3/t21-,22+/m1/s1. The van der Waals surface area contributed by atoms with Crippen LogP contribution in [0.1, 0.15) is 37.0 Å². The van der Waals surface area contributed by atoms with Crippen LogP contribution < -0.4 is 0 Å². The summed E-state index contributed by atoms with van der Waals surface area (Å²) in [6.45, 7) is 12.4. The largest absolute Gasteiger partial charge is 0.243 e. The molecule has 0 amide bonds. The second-order valence-electron chi connectivity index (χ2n) is 7.60. The van der Waals surface area contributed by atoms with Gasteiger partial charge in [-0.15, -0.1) is 0 Å². The molecule has 26 heavy (non-hydrogen) atoms. The van der Waals surface area contributed by atoms with E-state index in [4.69, 9.17) is 0 Å². The van der Waals surface area contributed by atoms with Crippen LogP contribution in [-0.4, -0.2) is 24.8 Å². The lowest BCUT2D eigenvalue weighted by molar-refractivity contribution is 0.110. The van der Waals surface area contributed by atoms with Crippen molar-refractivity contribution in [1.29, 1.82) is 0 Å². The molecule has 1 aliphatic heterocycles. The summed E-state index contributed by atoms with van der Waals surface area (Å²) in [5, 5.41) is 0. The molecule has 0 N–H and O–H groups in total. The Labute approximate surface area is 157 Å². The Morgan fingerprint density at radius 2 is 1.50 bits per heavy atom. The molecule has 0 saturated carbocycles. The van der Waals surface area contributed by atoms with E-state index in [0.717, 1.165) is 23.1 Å². The van der Waals surface area contributed by atoms with Crippen LogP contribution in [0.3, 0.4) is 0 Å². The molecule has 138 valence electrons. The fraction of sp³-hybridized carbons (Fsp3) is 0.364. The van der Waals surface area contributed by atoms with Crippen LogP contribution >= 0.6 is 0 Å². The lowest BCUT2D eigenvalue weighted by Gasteiger charge is -2.50. The summed E-state index contributed by atoms with van der Waals surface area (Å²) in [7, 11) is -3.55. The Balaban J connectivity index is 1.95. The number of rotatable bonds is 5. The van der Waals surface area contributed by atoms with Crippen molar-refractivity contribution in [1.82, 2.24) is 4.31 Å². The van der Waals surface area contributed by atoms with Crippen LogP contribution in [0.4, 0.5) is 0 Å². The van der Waals surface area contributed by atoms with Crippen LogP contribution in [-0.2, 0) is 10.0 Å². The van der Waals surface area contributed by atoms with Crippen molar-refractivity contribution in [2.45, 2.75) is 51.1 Å². The molecule has 0 bridgehead atoms. The SMILES string of the molecule is C=C(c1ccc(C)cc1)[C@@H]1C[C@H](C(C)C)N1S(=O)(=O)c1ccc(C)cc1. The van der Waals surface area contributed by atoms with Crippen molar-refractivity contribution in [2.24, 2.45) is 5.92 Å². The minimum Gasteiger partial charge on any atom is -0.207 e. The summed E-state index contributed by atoms with van der Waals surface area (Å²) in [5.41, 5.74) is 4.11. The zero-order valence-corrected chi connectivity index (χ0v) is 16.8. The van der Waals surface area contributed by atoms with Crippen molar-refractivity contribution in [3.63, 3.8) is 0 Å². The van der Waals surface area contributed by atoms with Crippen molar-refractivity contribution in [3.05, 3.63) is 71.8 Å². The van der Waals surface area contributed by atoms with Gasteiger partial charge in [0.25, 0.3) is 0 Å². The quantitative estimate of drug-likeness (QED) is 0.759. The minimum absolute atomic E-state index is 0.00787. The first kappa shape index (κ1) is 18.9. The van der Waals surface area contributed by atoms with E-state index in [1.165, 1.54) is 5.56 Å². The topological polar surface area (TPSA) is 37.4 Å². The van der Waals surface area contributed by atoms with Crippen LogP contribution in [0.15, 0.2) is 60.0 Å². The molecule has 1 heterocycles. The predicted molar refractivity (Wildman–Crippen MR) is 107 cm³/mol. The second-order valence-corrected chi connectivity index (χ2v) is 9.45. The highest BCUT2D eigenvalue weighted by Gasteiger charge is 2.48. The van der Waals surface area contributed by atoms with Gasteiger partial charge in [-0.25, -0.2) is 8.42 Å². The molecule has 1 saturated heterocycles. The molecule has 0 unspecified atom stereocenters. The lowest BCUT2D eigenvalue weighted by Crippen LogP contribution is -2.60. The lowest BCUT2D eigenvalue weighted by atomic mass is 9.82. The van der Waals surface area contributed by atoms with E-state index in [0.29, 0.717) is 4.90 Å². The number of hydrogen-bond donors (Lipinski definition) is 0. The zero-order valence-electron chi connectivity index (χ0n) is 15.9. The van der Waals surface area contributed by atoms with E-state index in [1.807, 2.05) is 50.2 Å². The summed E-state index contributed by atoms with van der Waals surface area (Å²) in [4.78, 5) is 0.357. The van der Waals surface area contributed by atoms with Crippen molar-refractivity contribution in [3.8, 4) is 0 Å². The highest BCUT2D eigenvalue weighted by atomic mass is 32.2. The van der Waals surface area contributed by atoms with Gasteiger partial charge in [0, 0.05) is 6.04 Å². The Morgan fingerprint density at radius 3 is 2.00 bits per heavy atom. The molecule has 4 heteroatoms. The summed E-state index contributed by atoms with van der Waals surface area (Å²) in [6.07, 6.45) is 0.815. The maximum absolute atomic E-state index is 13.3. The predicted octanol–water partition coefficient (Wildman–Crippen LogP) is 4.80. The first-order chi connectivity index (χ1) is 12.2. The van der Waals surface area contributed by atoms with Gasteiger partial charge in [-0.2, -0.15) is 4.31 Å². The Morgan fingerprint density at radius 1 is 1.00 bits per heavy atom. The average Bonchev–Trinajstić information content (AvgIpc) is 2.54. The van der Waals surface area contributed by atoms with Gasteiger partial charge < -0.3 is 0 Å². The normalized spacial score (nSPS) is 20.8. The first-order valence-electron chi connectivity index (χ1n) is 9.08. The number of benzene rings is 2. The molecule has 0 spiro atoms. The summed E-state index contributed by atoms with van der Waals surface area (Å²) < 4.78 is 28.3. The van der Waals surface area contributed by atoms with Crippen LogP contribution in [0, 0.1) is 19.8 Å². The summed E-state index contributed by atoms with van der Waals surface area (Å²) in [5.74, 6) is 0.261. The van der Waals surface area contributed by atoms with Gasteiger partial charge in [-0.05, 0) is 49.5 Å². The van der Waals surface area contributed by atoms with Gasteiger partial charge >= 0.3 is 0 Å². The third-order valence-electron chi connectivity index (χ3n) is 5.29. The Bertz CT molecular complexity index is 896. The van der Waals surface area contributed by atoms with E-state index in [9.17, 15) is 8.42 Å². The van der Waals surface area contributed by atoms with Gasteiger partial charge in [0.2, 0.25) is 10.0 Å². The highest BCUT2D eigenvalue weighted by Crippen LogP contribution is 2.42. The Kier molecular flexibility index (Phi) is 5.09. The third kappa shape index (κ3) is 3.36. The van der Waals surface area contributed by atoms with E-state index < -0.39 is 10.0 Å². The van der Waals surface area contributed by atoms with Crippen LogP contribution in [0.2, 0.25) is 0 Å². The highest BCUT2D eigenvalue weighted by molar-refractivity contribution is 7.89. The minimum atomic E-state index is -3.55. The van der Waals surface area contributed by atoms with Gasteiger partial charge in [-0.3, -0.25) is 0 Å². The molecule has 2 aromatic carbocycles. The van der Waals surface area contributed by atoms with Crippen molar-refractivity contribution in [2.75, 3.05) is 0 Å². The molecule has 2 aromatic rings. The molecule has 2 atom stereocenters. The average molecular weight is 370 g/mol. The van der Waals surface area contributed by atoms with E-state index in [1.54, 1.807) is 16.4 Å². The van der Waals surface area contributed by atoms with Gasteiger partial charge in [-0.1, -0.05) is 68.0 Å². The van der Waals surface area contributed by atoms with E-state index >= 15 is 0 Å². The molecular formula is C22H27NO2S. The van der Waals surface area contributed by atoms with Gasteiger partial charge in [0.15, 0.2) is 0 Å². The Hall–Kier alpha value is -1.91. The third-order valence-corrected chi connectivity index (χ3v) is 7.24. The van der Waals surface area contributed by atoms with E-state index in [-0.39, 0.29) is 18.0 Å². The molecule has 3 nitrogen and oxygen atoms in total. The summed E-state index contributed by atoms with van der Waals surface area (Å²) in [6, 6.07) is 15.0. The van der Waals surface area contributed by atoms with Crippen LogP contribution in [0.5, 0.6) is 0 Å². The molecule has 1 fully saturated rings. The molecule has 0 aromatic heterocycles. The smallest absolute Gasteiger partial charge is 0.207 e. The fourth-order valence-electron chi connectivity index (χ4n) is 3.53. The number of aryl methyl sites for hydroxylation is 2. The molecule has 1 aliphatic rings. The number of sulfonamides is 1. The molecule has 0 aliphatic carbocycles. The van der Waals surface area contributed by atoms with Gasteiger partial charge in [0.1, 0.15) is 0 Å². The van der Waals surface area contributed by atoms with E-state index in [2.05, 4.69) is 20.4 Å². The van der Waals surface area contributed by atoms with Crippen molar-refractivity contribution < 1.29 is 8.42 Å². The van der Waals surface area contributed by atoms with Gasteiger partial charge in [0.05, 0.1) is 10.9 Å². The fourth-order valence-corrected chi connectivity index (χ4v) is 5.49. The number of hydrogen-bond acceptors (Lipinski definition) is 2. The molecule has 3 rings (SSSR count). The maximum Gasteiger partial charge on any atom is 0.243 e. The summed E-state index contributed by atoms with van der Waals surface area (Å²) >= 11 is 0. The maximum atomic E-state index is 13.3. The zero-order chi connectivity index (χ0) is 19.1. The second kappa shape index (κ2) is 7.01. The first-order valence-corrected chi connectivity index (χ1v) is 10.5. The van der Waals surface area contributed by atoms with Crippen molar-refractivity contribution >= 4 is 15.6 Å². The monoisotopic (exact) mass is 369 g/mol. The molecular weight excluding hydrogens is 342 g/mol. The number of nitrogens with zero attached hydrogens (tertiary/aromatic N) is 1. The molecule has 0 radical (unpaired) electrons. The van der Waals surface area contributed by atoms with Crippen LogP contribution in [0.25, 0.3) is 5.57 Å².